The molecule has 63 heavy (non-hydrogen) atoms. The number of H-pyrrole nitrogens is 1. The number of halogens is 6. The first-order valence-corrected chi connectivity index (χ1v) is 21.0. The number of hydrogen-bond donors (Lipinski definition) is 1. The molecule has 8 aromatic rings. The van der Waals surface area contributed by atoms with Crippen LogP contribution in [0.25, 0.3) is 89.1 Å². The van der Waals surface area contributed by atoms with Gasteiger partial charge in [-0.25, -0.2) is 9.97 Å². The molecule has 5 aromatic carbocycles. The van der Waals surface area contributed by atoms with Crippen LogP contribution >= 0.6 is 0 Å². The maximum Gasteiger partial charge on any atom is 0.419 e. The van der Waals surface area contributed by atoms with Gasteiger partial charge >= 0.3 is 12.4 Å². The predicted octanol–water partition coefficient (Wildman–Crippen LogP) is 16.4. The highest BCUT2D eigenvalue weighted by molar-refractivity contribution is 6.16. The summed E-state index contributed by atoms with van der Waals surface area (Å²) in [5.41, 5.74) is 1.07. The van der Waals surface area contributed by atoms with Gasteiger partial charge in [0.25, 0.3) is 0 Å². The fraction of sp³-hybridized carbons (Fsp3) is 0.259. The number of alkyl halides is 6. The van der Waals surface area contributed by atoms with E-state index in [2.05, 4.69) is 91.6 Å². The standard InChI is InChI=1S/C54H47F6N3/c1-50(2,3)33-21-31-20-32(22-33)42-27-36(29-16-12-10-13-17-29)44(53(55,56)57)48(61-42)49-45(54(58,59)60)37(30-18-14-11-15-19-30)28-43(62-49)41-26-35(52(7,8)9)25-40-39-24-34(51(4,5)6)23-38(31)46(39)63-47(40)41/h10-28,63H,1-9H3. The van der Waals surface area contributed by atoms with Crippen LogP contribution in [0.4, 0.5) is 26.3 Å². The van der Waals surface area contributed by atoms with E-state index in [9.17, 15) is 0 Å². The molecular weight excluding hydrogens is 805 g/mol. The molecule has 0 saturated heterocycles. The van der Waals surface area contributed by atoms with E-state index in [-0.39, 0.29) is 39.1 Å². The lowest BCUT2D eigenvalue weighted by Crippen LogP contribution is -2.17. The van der Waals surface area contributed by atoms with Gasteiger partial charge in [-0.3, -0.25) is 0 Å². The Morgan fingerprint density at radius 3 is 1.24 bits per heavy atom. The van der Waals surface area contributed by atoms with E-state index < -0.39 is 45.7 Å². The number of aromatic nitrogens is 3. The van der Waals surface area contributed by atoms with Gasteiger partial charge < -0.3 is 4.98 Å². The maximum atomic E-state index is 16.1. The highest BCUT2D eigenvalue weighted by Crippen LogP contribution is 2.51. The van der Waals surface area contributed by atoms with Crippen molar-refractivity contribution in [1.29, 1.82) is 0 Å². The minimum absolute atomic E-state index is 0.0734. The molecule has 3 nitrogen and oxygen atoms in total. The van der Waals surface area contributed by atoms with E-state index in [1.54, 1.807) is 36.4 Å². The summed E-state index contributed by atoms with van der Waals surface area (Å²) in [5.74, 6) is 0. The summed E-state index contributed by atoms with van der Waals surface area (Å²) in [4.78, 5) is 13.2. The Morgan fingerprint density at radius 1 is 0.381 bits per heavy atom. The SMILES string of the molecule is CC(C)(C)c1cc2cc(c1)-c1cc(C(C)(C)C)cc3c1[nH]c1c(cc(C(C)(C)C)cc13)-c1cc(-c3ccccc3)c(C(F)(F)F)c(n1)-c1nc-2cc(-c2ccccc2)c1C(F)(F)F. The zero-order valence-corrected chi connectivity index (χ0v) is 36.6. The van der Waals surface area contributed by atoms with Crippen molar-refractivity contribution >= 4 is 21.8 Å². The van der Waals surface area contributed by atoms with E-state index in [4.69, 9.17) is 9.97 Å². The fourth-order valence-electron chi connectivity index (χ4n) is 8.75. The number of benzene rings is 5. The van der Waals surface area contributed by atoms with E-state index in [1.165, 1.54) is 36.4 Å². The molecule has 4 heterocycles. The van der Waals surface area contributed by atoms with Crippen LogP contribution in [0.15, 0.2) is 115 Å². The number of hydrogen-bond acceptors (Lipinski definition) is 2. The highest BCUT2D eigenvalue weighted by atomic mass is 19.4. The first kappa shape index (κ1) is 42.1. The molecular formula is C54H47F6N3. The van der Waals surface area contributed by atoms with Crippen LogP contribution in [0.1, 0.15) is 90.1 Å². The van der Waals surface area contributed by atoms with Crippen molar-refractivity contribution in [1.82, 2.24) is 15.0 Å². The van der Waals surface area contributed by atoms with Crippen molar-refractivity contribution < 1.29 is 26.3 Å². The van der Waals surface area contributed by atoms with E-state index in [1.807, 2.05) is 18.2 Å². The fourth-order valence-corrected chi connectivity index (χ4v) is 8.75. The molecule has 0 saturated carbocycles. The molecule has 0 spiro atoms. The molecule has 8 bridgehead atoms. The van der Waals surface area contributed by atoms with Crippen molar-refractivity contribution in [2.45, 2.75) is 90.9 Å². The molecule has 0 amide bonds. The second-order valence-electron chi connectivity index (χ2n) is 19.9. The van der Waals surface area contributed by atoms with E-state index >= 15 is 26.3 Å². The Labute approximate surface area is 363 Å². The molecule has 320 valence electrons. The van der Waals surface area contributed by atoms with Crippen molar-refractivity contribution in [2.75, 3.05) is 0 Å². The Balaban J connectivity index is 1.61. The molecule has 1 N–H and O–H groups in total. The molecule has 0 radical (unpaired) electrons. The largest absolute Gasteiger partial charge is 0.419 e. The van der Waals surface area contributed by atoms with Crippen LogP contribution in [0.5, 0.6) is 0 Å². The molecule has 9 rings (SSSR count). The normalized spacial score (nSPS) is 13.3. The third kappa shape index (κ3) is 7.39. The van der Waals surface area contributed by atoms with E-state index in [0.717, 1.165) is 44.1 Å². The summed E-state index contributed by atoms with van der Waals surface area (Å²) in [7, 11) is 0. The van der Waals surface area contributed by atoms with Gasteiger partial charge in [0.15, 0.2) is 0 Å². The molecule has 0 unspecified atom stereocenters. The van der Waals surface area contributed by atoms with Crippen LogP contribution < -0.4 is 0 Å². The van der Waals surface area contributed by atoms with Gasteiger partial charge in [0.2, 0.25) is 0 Å². The molecule has 0 aliphatic carbocycles. The lowest BCUT2D eigenvalue weighted by molar-refractivity contribution is -0.139. The second kappa shape index (κ2) is 14.1. The Hall–Kier alpha value is -6.22. The Kier molecular flexibility index (Phi) is 9.45. The molecule has 0 atom stereocenters. The van der Waals surface area contributed by atoms with Gasteiger partial charge in [0, 0.05) is 27.5 Å². The minimum atomic E-state index is -5.16. The molecule has 3 aromatic heterocycles. The van der Waals surface area contributed by atoms with Gasteiger partial charge in [0.05, 0.1) is 33.5 Å². The lowest BCUT2D eigenvalue weighted by Gasteiger charge is -2.25. The second-order valence-corrected chi connectivity index (χ2v) is 19.9. The lowest BCUT2D eigenvalue weighted by atomic mass is 9.81. The van der Waals surface area contributed by atoms with Crippen molar-refractivity contribution in [3.63, 3.8) is 0 Å². The van der Waals surface area contributed by atoms with Crippen molar-refractivity contribution in [2.24, 2.45) is 0 Å². The van der Waals surface area contributed by atoms with Crippen LogP contribution in [-0.4, -0.2) is 15.0 Å². The summed E-state index contributed by atoms with van der Waals surface area (Å²) in [6.07, 6.45) is -10.3. The summed E-state index contributed by atoms with van der Waals surface area (Å²) < 4.78 is 96.4. The van der Waals surface area contributed by atoms with Gasteiger partial charge in [-0.15, -0.1) is 0 Å². The third-order valence-electron chi connectivity index (χ3n) is 12.2. The minimum Gasteiger partial charge on any atom is -0.353 e. The Bertz CT molecular complexity index is 3120. The number of nitrogens with zero attached hydrogens (tertiary/aromatic N) is 2. The summed E-state index contributed by atoms with van der Waals surface area (Å²) in [6.45, 7) is 18.8. The predicted molar refractivity (Wildman–Crippen MR) is 244 cm³/mol. The van der Waals surface area contributed by atoms with Gasteiger partial charge in [-0.1, -0.05) is 129 Å². The number of nitrogens with one attached hydrogen (secondary N) is 1. The van der Waals surface area contributed by atoms with Crippen molar-refractivity contribution in [3.05, 3.63) is 143 Å². The maximum absolute atomic E-state index is 16.1. The zero-order chi connectivity index (χ0) is 45.2. The molecule has 1 aliphatic rings. The smallest absolute Gasteiger partial charge is 0.353 e. The zero-order valence-electron chi connectivity index (χ0n) is 36.6. The number of rotatable bonds is 2. The summed E-state index contributed by atoms with van der Waals surface area (Å²) >= 11 is 0. The number of fused-ring (bicyclic) bond motifs is 11. The van der Waals surface area contributed by atoms with Crippen LogP contribution in [0.2, 0.25) is 0 Å². The van der Waals surface area contributed by atoms with Gasteiger partial charge in [-0.2, -0.15) is 26.3 Å². The number of aromatic amines is 1. The average Bonchev–Trinajstić information content (AvgIpc) is 3.59. The Morgan fingerprint density at radius 2 is 0.778 bits per heavy atom. The monoisotopic (exact) mass is 851 g/mol. The quantitative estimate of drug-likeness (QED) is 0.176. The van der Waals surface area contributed by atoms with Gasteiger partial charge in [-0.05, 0) is 109 Å². The van der Waals surface area contributed by atoms with Gasteiger partial charge in [0.1, 0.15) is 11.4 Å². The molecule has 9 heteroatoms. The topological polar surface area (TPSA) is 41.6 Å². The third-order valence-corrected chi connectivity index (χ3v) is 12.2. The molecule has 1 aliphatic heterocycles. The first-order valence-electron chi connectivity index (χ1n) is 21.0. The summed E-state index contributed by atoms with van der Waals surface area (Å²) in [6, 6.07) is 32.9. The van der Waals surface area contributed by atoms with Crippen molar-refractivity contribution in [3.8, 4) is 67.3 Å². The summed E-state index contributed by atoms with van der Waals surface area (Å²) in [5, 5.41) is 1.74. The van der Waals surface area contributed by atoms with Crippen LogP contribution in [0.3, 0.4) is 0 Å². The first-order chi connectivity index (χ1) is 29.4. The van der Waals surface area contributed by atoms with E-state index in [0.29, 0.717) is 16.6 Å². The van der Waals surface area contributed by atoms with Crippen LogP contribution in [0, 0.1) is 0 Å². The average molecular weight is 852 g/mol. The highest BCUT2D eigenvalue weighted by Gasteiger charge is 2.44. The molecule has 0 fully saturated rings. The van der Waals surface area contributed by atoms with Crippen LogP contribution in [-0.2, 0) is 28.6 Å². The number of pyridine rings is 2.